The topological polar surface area (TPSA) is 105 Å². The van der Waals surface area contributed by atoms with Gasteiger partial charge in [0.2, 0.25) is 11.5 Å². The van der Waals surface area contributed by atoms with Crippen LogP contribution in [0.15, 0.2) is 48.8 Å². The number of amides is 3. The molecule has 3 aromatic rings. The van der Waals surface area contributed by atoms with E-state index in [9.17, 15) is 23.9 Å². The summed E-state index contributed by atoms with van der Waals surface area (Å²) in [6.07, 6.45) is 5.88. The monoisotopic (exact) mass is 544 g/mol. The van der Waals surface area contributed by atoms with Crippen molar-refractivity contribution in [3.8, 4) is 11.1 Å². The lowest BCUT2D eigenvalue weighted by atomic mass is 9.93. The number of aromatic nitrogens is 2. The molecule has 1 spiro atoms. The average Bonchev–Trinajstić information content (AvgIpc) is 3.59. The number of imide groups is 1. The van der Waals surface area contributed by atoms with Crippen molar-refractivity contribution >= 4 is 17.9 Å². The van der Waals surface area contributed by atoms with Crippen LogP contribution >= 0.6 is 0 Å². The fraction of sp³-hybridized carbons (Fsp3) is 0.400. The Morgan fingerprint density at radius 3 is 2.62 bits per heavy atom. The van der Waals surface area contributed by atoms with Gasteiger partial charge in [0.1, 0.15) is 18.1 Å². The lowest BCUT2D eigenvalue weighted by molar-refractivity contribution is -0.170. The van der Waals surface area contributed by atoms with E-state index in [0.717, 1.165) is 45.6 Å². The molecule has 0 bridgehead atoms. The lowest BCUT2D eigenvalue weighted by Gasteiger charge is -2.39. The normalized spacial score (nSPS) is 25.7. The molecule has 3 amide bonds. The van der Waals surface area contributed by atoms with Crippen LogP contribution in [0.2, 0.25) is 0 Å². The van der Waals surface area contributed by atoms with Gasteiger partial charge < -0.3 is 14.7 Å². The Morgan fingerprint density at radius 2 is 1.88 bits per heavy atom. The SMILES string of the molecule is Cn1cc(-c2ccc3c(c2)CC[C@@]32OC(=O)N(CC(=O)N3Cc4ccc(F)cc4CC[C@]3(O)C3CC3)C2=O)cn1. The van der Waals surface area contributed by atoms with Crippen LogP contribution in [0.25, 0.3) is 11.1 Å². The molecule has 10 heteroatoms. The summed E-state index contributed by atoms with van der Waals surface area (Å²) >= 11 is 0. The largest absolute Gasteiger partial charge is 0.427 e. The third-order valence-corrected chi connectivity index (χ3v) is 8.95. The molecule has 0 radical (unpaired) electrons. The Morgan fingerprint density at radius 1 is 1.07 bits per heavy atom. The molecule has 0 unspecified atom stereocenters. The van der Waals surface area contributed by atoms with Crippen LogP contribution in [-0.2, 0) is 46.4 Å². The first-order chi connectivity index (χ1) is 19.2. The number of hydrogen-bond donors (Lipinski definition) is 1. The smallest absolute Gasteiger partial charge is 0.418 e. The first-order valence-corrected chi connectivity index (χ1v) is 13.7. The zero-order chi connectivity index (χ0) is 27.8. The average molecular weight is 545 g/mol. The number of aryl methyl sites for hydroxylation is 3. The lowest BCUT2D eigenvalue weighted by Crippen LogP contribution is -2.55. The quantitative estimate of drug-likeness (QED) is 0.540. The van der Waals surface area contributed by atoms with Crippen LogP contribution < -0.4 is 0 Å². The molecule has 9 nitrogen and oxygen atoms in total. The van der Waals surface area contributed by atoms with Crippen molar-refractivity contribution in [2.75, 3.05) is 6.54 Å². The minimum absolute atomic E-state index is 0.0730. The molecule has 7 rings (SSSR count). The zero-order valence-corrected chi connectivity index (χ0v) is 22.1. The van der Waals surface area contributed by atoms with Crippen LogP contribution in [0.5, 0.6) is 0 Å². The van der Waals surface area contributed by atoms with Crippen LogP contribution in [0.1, 0.15) is 47.9 Å². The zero-order valence-electron chi connectivity index (χ0n) is 22.1. The minimum atomic E-state index is -1.46. The van der Waals surface area contributed by atoms with E-state index < -0.39 is 35.8 Å². The fourth-order valence-corrected chi connectivity index (χ4v) is 6.64. The standard InChI is InChI=1S/C30H29FN4O5/c1-33-15-22(14-32-33)18-3-7-25-20(12-18)8-10-29(25)27(37)34(28(38)40-29)17-26(36)35-16-21-2-6-24(31)13-19(21)9-11-30(35,39)23-4-5-23/h2-3,6-7,12-15,23,39H,4-5,8-11,16-17H2,1H3/t29-,30+/m1/s1. The van der Waals surface area contributed by atoms with Crippen molar-refractivity contribution in [2.45, 2.75) is 56.4 Å². The fourth-order valence-electron chi connectivity index (χ4n) is 6.64. The van der Waals surface area contributed by atoms with E-state index in [1.54, 1.807) is 16.9 Å². The number of rotatable bonds is 4. The van der Waals surface area contributed by atoms with Crippen molar-refractivity contribution in [3.63, 3.8) is 0 Å². The van der Waals surface area contributed by atoms with Crippen molar-refractivity contribution in [1.29, 1.82) is 0 Å². The maximum Gasteiger partial charge on any atom is 0.418 e. The predicted molar refractivity (Wildman–Crippen MR) is 140 cm³/mol. The van der Waals surface area contributed by atoms with E-state index in [-0.39, 0.29) is 24.7 Å². The second-order valence-corrected chi connectivity index (χ2v) is 11.4. The van der Waals surface area contributed by atoms with E-state index >= 15 is 0 Å². The first kappa shape index (κ1) is 25.0. The van der Waals surface area contributed by atoms with Crippen molar-refractivity contribution in [2.24, 2.45) is 13.0 Å². The highest BCUT2D eigenvalue weighted by atomic mass is 19.1. The number of benzene rings is 2. The molecule has 2 fully saturated rings. The summed E-state index contributed by atoms with van der Waals surface area (Å²) in [6, 6.07) is 10.1. The highest BCUT2D eigenvalue weighted by Gasteiger charge is 2.59. The van der Waals surface area contributed by atoms with E-state index in [2.05, 4.69) is 5.10 Å². The number of halogens is 1. The Kier molecular flexibility index (Phi) is 5.44. The Labute approximate surface area is 230 Å². The summed E-state index contributed by atoms with van der Waals surface area (Å²) in [4.78, 5) is 42.9. The van der Waals surface area contributed by atoms with Gasteiger partial charge in [-0.15, -0.1) is 0 Å². The molecule has 206 valence electrons. The summed E-state index contributed by atoms with van der Waals surface area (Å²) in [7, 11) is 1.84. The molecule has 2 atom stereocenters. The van der Waals surface area contributed by atoms with Crippen LogP contribution in [-0.4, -0.2) is 54.9 Å². The van der Waals surface area contributed by atoms with Gasteiger partial charge in [-0.05, 0) is 66.5 Å². The molecular weight excluding hydrogens is 515 g/mol. The third-order valence-electron chi connectivity index (χ3n) is 8.95. The summed E-state index contributed by atoms with van der Waals surface area (Å²) in [6.45, 7) is -0.461. The van der Waals surface area contributed by atoms with Crippen molar-refractivity contribution in [1.82, 2.24) is 19.6 Å². The van der Waals surface area contributed by atoms with Gasteiger partial charge in [0.15, 0.2) is 0 Å². The second-order valence-electron chi connectivity index (χ2n) is 11.4. The molecule has 1 N–H and O–H groups in total. The molecule has 2 aromatic carbocycles. The molecular formula is C30H29FN4O5. The first-order valence-electron chi connectivity index (χ1n) is 13.7. The van der Waals surface area contributed by atoms with Gasteiger partial charge in [-0.1, -0.05) is 24.3 Å². The Bertz CT molecular complexity index is 1580. The van der Waals surface area contributed by atoms with Crippen molar-refractivity contribution < 1.29 is 28.6 Å². The molecule has 1 saturated carbocycles. The molecule has 3 heterocycles. The van der Waals surface area contributed by atoms with Gasteiger partial charge in [0.05, 0.1) is 6.20 Å². The Hall–Kier alpha value is -4.05. The minimum Gasteiger partial charge on any atom is -0.427 e. The summed E-state index contributed by atoms with van der Waals surface area (Å²) in [5, 5.41) is 15.9. The number of carbonyl (C=O) groups excluding carboxylic acids is 3. The maximum atomic E-state index is 13.9. The number of aliphatic hydroxyl groups is 1. The van der Waals surface area contributed by atoms with Crippen LogP contribution in [0, 0.1) is 11.7 Å². The van der Waals surface area contributed by atoms with Crippen LogP contribution in [0.3, 0.4) is 0 Å². The number of ether oxygens (including phenoxy) is 1. The van der Waals surface area contributed by atoms with Crippen molar-refractivity contribution in [3.05, 3.63) is 76.9 Å². The maximum absolute atomic E-state index is 13.9. The van der Waals surface area contributed by atoms with Gasteiger partial charge in [-0.2, -0.15) is 5.10 Å². The molecule has 40 heavy (non-hydrogen) atoms. The molecule has 2 aliphatic heterocycles. The summed E-state index contributed by atoms with van der Waals surface area (Å²) in [5.74, 6) is -1.57. The number of fused-ring (bicyclic) bond motifs is 3. The van der Waals surface area contributed by atoms with E-state index in [1.807, 2.05) is 31.4 Å². The highest BCUT2D eigenvalue weighted by Crippen LogP contribution is 2.48. The van der Waals surface area contributed by atoms with Gasteiger partial charge in [-0.25, -0.2) is 14.1 Å². The van der Waals surface area contributed by atoms with Gasteiger partial charge in [-0.3, -0.25) is 14.3 Å². The highest BCUT2D eigenvalue weighted by molar-refractivity contribution is 6.06. The number of carbonyl (C=O) groups is 3. The third kappa shape index (κ3) is 3.76. The summed E-state index contributed by atoms with van der Waals surface area (Å²) < 4.78 is 21.4. The van der Waals surface area contributed by atoms with E-state index in [1.165, 1.54) is 17.0 Å². The van der Waals surface area contributed by atoms with Crippen LogP contribution in [0.4, 0.5) is 9.18 Å². The molecule has 1 saturated heterocycles. The Balaban J connectivity index is 1.16. The number of nitrogens with zero attached hydrogens (tertiary/aromatic N) is 4. The summed E-state index contributed by atoms with van der Waals surface area (Å²) in [5.41, 5.74) is 2.04. The van der Waals surface area contributed by atoms with Gasteiger partial charge in [0.25, 0.3) is 5.91 Å². The van der Waals surface area contributed by atoms with E-state index in [4.69, 9.17) is 4.74 Å². The van der Waals surface area contributed by atoms with Gasteiger partial charge in [0, 0.05) is 43.3 Å². The molecule has 2 aliphatic carbocycles. The molecule has 1 aromatic heterocycles. The predicted octanol–water partition coefficient (Wildman–Crippen LogP) is 3.42. The molecule has 4 aliphatic rings. The number of hydrogen-bond acceptors (Lipinski definition) is 6. The van der Waals surface area contributed by atoms with Gasteiger partial charge >= 0.3 is 6.09 Å². The second kappa shape index (κ2) is 8.72. The van der Waals surface area contributed by atoms with E-state index in [0.29, 0.717) is 24.8 Å².